The molecule has 1 aromatic carbocycles. The van der Waals surface area contributed by atoms with Gasteiger partial charge in [0.05, 0.1) is 5.38 Å². The molecule has 0 radical (unpaired) electrons. The second-order valence-electron chi connectivity index (χ2n) is 6.60. The van der Waals surface area contributed by atoms with Crippen LogP contribution in [0.4, 0.5) is 0 Å². The normalized spacial score (nSPS) is 30.8. The lowest BCUT2D eigenvalue weighted by Crippen LogP contribution is -2.13. The molecule has 4 unspecified atom stereocenters. The molecule has 2 saturated carbocycles. The second kappa shape index (κ2) is 5.41. The molecular weight excluding hydrogens is 320 g/mol. The quantitative estimate of drug-likeness (QED) is 0.576. The van der Waals surface area contributed by atoms with Crippen LogP contribution in [-0.2, 0) is 0 Å². The Morgan fingerprint density at radius 3 is 2.63 bits per heavy atom. The molecular formula is C17H22BrCl. The van der Waals surface area contributed by atoms with E-state index in [0.29, 0.717) is 0 Å². The molecule has 104 valence electrons. The fraction of sp³-hybridized carbons (Fsp3) is 0.647. The zero-order chi connectivity index (χ0) is 13.6. The van der Waals surface area contributed by atoms with Gasteiger partial charge in [0.25, 0.3) is 0 Å². The first kappa shape index (κ1) is 13.9. The molecule has 0 aliphatic heterocycles. The highest BCUT2D eigenvalue weighted by atomic mass is 79.9. The second-order valence-corrected chi connectivity index (χ2v) is 7.98. The Morgan fingerprint density at radius 1 is 1.21 bits per heavy atom. The van der Waals surface area contributed by atoms with Crippen LogP contribution in [0.1, 0.15) is 54.2 Å². The van der Waals surface area contributed by atoms with Gasteiger partial charge in [0, 0.05) is 4.47 Å². The third kappa shape index (κ3) is 2.74. The molecule has 4 atom stereocenters. The van der Waals surface area contributed by atoms with Crippen molar-refractivity contribution in [2.45, 2.75) is 51.3 Å². The van der Waals surface area contributed by atoms with Crippen LogP contribution in [0.15, 0.2) is 16.6 Å². The number of alkyl halides is 1. The number of hydrogen-bond donors (Lipinski definition) is 0. The summed E-state index contributed by atoms with van der Waals surface area (Å²) in [5, 5.41) is 0.191. The van der Waals surface area contributed by atoms with Crippen molar-refractivity contribution in [2.75, 3.05) is 0 Å². The number of hydrogen-bond acceptors (Lipinski definition) is 0. The molecule has 2 aliphatic rings. The zero-order valence-electron chi connectivity index (χ0n) is 11.8. The largest absolute Gasteiger partial charge is 0.118 e. The first-order valence-electron chi connectivity index (χ1n) is 7.45. The van der Waals surface area contributed by atoms with Gasteiger partial charge in [0.2, 0.25) is 0 Å². The van der Waals surface area contributed by atoms with Gasteiger partial charge in [-0.2, -0.15) is 0 Å². The van der Waals surface area contributed by atoms with E-state index in [4.69, 9.17) is 11.6 Å². The monoisotopic (exact) mass is 340 g/mol. The Morgan fingerprint density at radius 2 is 2.00 bits per heavy atom. The minimum Gasteiger partial charge on any atom is -0.118 e. The van der Waals surface area contributed by atoms with Gasteiger partial charge in [-0.05, 0) is 80.0 Å². The molecule has 19 heavy (non-hydrogen) atoms. The van der Waals surface area contributed by atoms with Crippen molar-refractivity contribution in [3.8, 4) is 0 Å². The zero-order valence-corrected chi connectivity index (χ0v) is 14.1. The fourth-order valence-corrected chi connectivity index (χ4v) is 5.12. The highest BCUT2D eigenvalue weighted by Gasteiger charge is 2.40. The number of halogens is 2. The average molecular weight is 342 g/mol. The topological polar surface area (TPSA) is 0 Å². The molecule has 0 saturated heterocycles. The summed E-state index contributed by atoms with van der Waals surface area (Å²) < 4.78 is 1.19. The molecule has 2 heteroatoms. The number of benzene rings is 1. The molecule has 2 bridgehead atoms. The van der Waals surface area contributed by atoms with Crippen molar-refractivity contribution >= 4 is 27.5 Å². The predicted molar refractivity (Wildman–Crippen MR) is 85.8 cm³/mol. The standard InChI is InChI=1S/C17H22BrCl/c1-10-6-16(18)11(2)5-15(10)17(19)9-14-8-12-3-4-13(14)7-12/h5-6,12-14,17H,3-4,7-9H2,1-2H3. The van der Waals surface area contributed by atoms with Crippen LogP contribution in [0.2, 0.25) is 0 Å². The average Bonchev–Trinajstić information content (AvgIpc) is 2.95. The van der Waals surface area contributed by atoms with Gasteiger partial charge in [-0.1, -0.05) is 28.4 Å². The Kier molecular flexibility index (Phi) is 3.97. The molecule has 0 N–H and O–H groups in total. The summed E-state index contributed by atoms with van der Waals surface area (Å²) in [6.45, 7) is 4.32. The predicted octanol–water partition coefficient (Wildman–Crippen LogP) is 6.17. The maximum Gasteiger partial charge on any atom is 0.0590 e. The molecule has 1 aromatic rings. The first-order chi connectivity index (χ1) is 9.04. The summed E-state index contributed by atoms with van der Waals surface area (Å²) in [7, 11) is 0. The Bertz CT molecular complexity index is 482. The van der Waals surface area contributed by atoms with Crippen LogP contribution in [0.25, 0.3) is 0 Å². The highest BCUT2D eigenvalue weighted by Crippen LogP contribution is 2.51. The van der Waals surface area contributed by atoms with E-state index in [1.54, 1.807) is 0 Å². The fourth-order valence-electron chi connectivity index (χ4n) is 4.20. The summed E-state index contributed by atoms with van der Waals surface area (Å²) in [4.78, 5) is 0. The summed E-state index contributed by atoms with van der Waals surface area (Å²) in [5.41, 5.74) is 3.95. The Labute approximate surface area is 130 Å². The minimum absolute atomic E-state index is 0.191. The van der Waals surface area contributed by atoms with Crippen molar-refractivity contribution in [1.29, 1.82) is 0 Å². The number of rotatable bonds is 3. The lowest BCUT2D eigenvalue weighted by molar-refractivity contribution is 0.311. The third-order valence-electron chi connectivity index (χ3n) is 5.28. The Balaban J connectivity index is 1.73. The van der Waals surface area contributed by atoms with Gasteiger partial charge >= 0.3 is 0 Å². The van der Waals surface area contributed by atoms with E-state index in [-0.39, 0.29) is 5.38 Å². The Hall–Kier alpha value is -0.0100. The number of fused-ring (bicyclic) bond motifs is 2. The van der Waals surface area contributed by atoms with E-state index in [2.05, 4.69) is 41.9 Å². The summed E-state index contributed by atoms with van der Waals surface area (Å²) in [5.74, 6) is 2.87. The van der Waals surface area contributed by atoms with Gasteiger partial charge in [-0.25, -0.2) is 0 Å². The molecule has 0 spiro atoms. The van der Waals surface area contributed by atoms with E-state index in [1.807, 2.05) is 0 Å². The van der Waals surface area contributed by atoms with Gasteiger partial charge in [-0.15, -0.1) is 11.6 Å². The molecule has 2 fully saturated rings. The lowest BCUT2D eigenvalue weighted by atomic mass is 9.84. The van der Waals surface area contributed by atoms with Crippen LogP contribution < -0.4 is 0 Å². The third-order valence-corrected chi connectivity index (χ3v) is 6.55. The summed E-state index contributed by atoms with van der Waals surface area (Å²) in [6, 6.07) is 4.48. The van der Waals surface area contributed by atoms with Crippen LogP contribution in [0, 0.1) is 31.6 Å². The lowest BCUT2D eigenvalue weighted by Gasteiger charge is -2.25. The summed E-state index contributed by atoms with van der Waals surface area (Å²) in [6.07, 6.45) is 7.02. The summed E-state index contributed by atoms with van der Waals surface area (Å²) >= 11 is 10.3. The van der Waals surface area contributed by atoms with Crippen molar-refractivity contribution in [3.05, 3.63) is 33.3 Å². The van der Waals surface area contributed by atoms with Crippen LogP contribution in [-0.4, -0.2) is 0 Å². The SMILES string of the molecule is Cc1cc(C(Cl)CC2CC3CCC2C3)c(C)cc1Br. The van der Waals surface area contributed by atoms with E-state index < -0.39 is 0 Å². The molecule has 3 rings (SSSR count). The van der Waals surface area contributed by atoms with Gasteiger partial charge in [-0.3, -0.25) is 0 Å². The van der Waals surface area contributed by atoms with Crippen molar-refractivity contribution in [3.63, 3.8) is 0 Å². The minimum atomic E-state index is 0.191. The maximum atomic E-state index is 6.74. The highest BCUT2D eigenvalue weighted by molar-refractivity contribution is 9.10. The van der Waals surface area contributed by atoms with Crippen molar-refractivity contribution in [1.82, 2.24) is 0 Å². The smallest absolute Gasteiger partial charge is 0.0590 e. The molecule has 0 nitrogen and oxygen atoms in total. The van der Waals surface area contributed by atoms with Gasteiger partial charge in [0.1, 0.15) is 0 Å². The van der Waals surface area contributed by atoms with Crippen molar-refractivity contribution < 1.29 is 0 Å². The van der Waals surface area contributed by atoms with E-state index in [0.717, 1.165) is 17.8 Å². The molecule has 0 amide bonds. The van der Waals surface area contributed by atoms with Crippen LogP contribution in [0.5, 0.6) is 0 Å². The molecule has 0 aromatic heterocycles. The molecule has 0 heterocycles. The maximum absolute atomic E-state index is 6.74. The van der Waals surface area contributed by atoms with E-state index in [1.165, 1.54) is 53.3 Å². The molecule has 2 aliphatic carbocycles. The van der Waals surface area contributed by atoms with E-state index in [9.17, 15) is 0 Å². The van der Waals surface area contributed by atoms with Crippen molar-refractivity contribution in [2.24, 2.45) is 17.8 Å². The number of aryl methyl sites for hydroxylation is 2. The van der Waals surface area contributed by atoms with Crippen LogP contribution in [0.3, 0.4) is 0 Å². The first-order valence-corrected chi connectivity index (χ1v) is 8.68. The van der Waals surface area contributed by atoms with Gasteiger partial charge in [0.15, 0.2) is 0 Å². The van der Waals surface area contributed by atoms with E-state index >= 15 is 0 Å². The van der Waals surface area contributed by atoms with Gasteiger partial charge < -0.3 is 0 Å². The van der Waals surface area contributed by atoms with Crippen LogP contribution >= 0.6 is 27.5 Å².